The molecule has 9 heteroatoms. The van der Waals surface area contributed by atoms with E-state index in [0.29, 0.717) is 12.4 Å². The van der Waals surface area contributed by atoms with E-state index >= 15 is 0 Å². The molecule has 0 radical (unpaired) electrons. The molecule has 0 amide bonds. The molecular formula is C29H28N7O2-. The predicted molar refractivity (Wildman–Crippen MR) is 143 cm³/mol. The van der Waals surface area contributed by atoms with Gasteiger partial charge in [-0.25, -0.2) is 4.98 Å². The molecule has 2 aromatic carbocycles. The number of aliphatic carboxylic acids is 1. The Labute approximate surface area is 220 Å². The first-order valence-corrected chi connectivity index (χ1v) is 12.5. The Balaban J connectivity index is 1.55. The van der Waals surface area contributed by atoms with Crippen molar-refractivity contribution in [3.8, 4) is 28.3 Å². The number of carboxylic acids is 1. The molecular weight excluding hydrogens is 478 g/mol. The summed E-state index contributed by atoms with van der Waals surface area (Å²) in [4.78, 5) is 16.3. The average Bonchev–Trinajstić information content (AvgIpc) is 3.64. The van der Waals surface area contributed by atoms with Crippen LogP contribution in [0, 0.1) is 13.8 Å². The van der Waals surface area contributed by atoms with Gasteiger partial charge in [-0.05, 0) is 66.5 Å². The van der Waals surface area contributed by atoms with Crippen LogP contribution < -0.4 is 5.11 Å². The highest BCUT2D eigenvalue weighted by atomic mass is 16.4. The zero-order valence-corrected chi connectivity index (χ0v) is 21.5. The molecule has 0 spiro atoms. The molecule has 192 valence electrons. The van der Waals surface area contributed by atoms with E-state index in [4.69, 9.17) is 4.98 Å². The summed E-state index contributed by atoms with van der Waals surface area (Å²) in [6, 6.07) is 20.3. The van der Waals surface area contributed by atoms with Crippen LogP contribution in [0.2, 0.25) is 0 Å². The van der Waals surface area contributed by atoms with Crippen LogP contribution in [0.5, 0.6) is 0 Å². The molecule has 3 aromatic heterocycles. The van der Waals surface area contributed by atoms with Crippen molar-refractivity contribution in [2.45, 2.75) is 40.2 Å². The minimum Gasteiger partial charge on any atom is -0.545 e. The smallest absolute Gasteiger partial charge is 0.205 e. The van der Waals surface area contributed by atoms with E-state index in [2.05, 4.69) is 60.9 Å². The third-order valence-electron chi connectivity index (χ3n) is 6.52. The highest BCUT2D eigenvalue weighted by Gasteiger charge is 2.19. The van der Waals surface area contributed by atoms with E-state index < -0.39 is 5.97 Å². The fourth-order valence-corrected chi connectivity index (χ4v) is 4.75. The molecule has 38 heavy (non-hydrogen) atoms. The van der Waals surface area contributed by atoms with Crippen LogP contribution in [0.25, 0.3) is 34.4 Å². The minimum absolute atomic E-state index is 0.541. The fraction of sp³-hybridized carbons (Fsp3) is 0.207. The standard InChI is InChI=1S/C29H29N7O2/c1-4-7-26-30-29(36-19(2)10-11-20(36)3)25(16-17-27(37)38)35(26)18-21-12-14-22(15-13-21)23-8-5-6-9-24(23)28-31-33-34-32-28/h5-6,8-17H,4,7,18H2,1-3H3,(H,37,38)(H,31,32,33,34)/p-1/b17-16+. The van der Waals surface area contributed by atoms with Crippen LogP contribution in [0.1, 0.15) is 41.8 Å². The number of aromatic amines is 1. The van der Waals surface area contributed by atoms with Gasteiger partial charge in [0.1, 0.15) is 5.82 Å². The van der Waals surface area contributed by atoms with Crippen molar-refractivity contribution in [2.75, 3.05) is 0 Å². The maximum Gasteiger partial charge on any atom is 0.205 e. The molecule has 5 rings (SSSR count). The van der Waals surface area contributed by atoms with E-state index in [-0.39, 0.29) is 0 Å². The molecule has 0 saturated heterocycles. The van der Waals surface area contributed by atoms with Gasteiger partial charge in [-0.1, -0.05) is 55.5 Å². The molecule has 0 aliphatic carbocycles. The summed E-state index contributed by atoms with van der Waals surface area (Å²) in [6.07, 6.45) is 4.33. The Morgan fingerprint density at radius 3 is 2.34 bits per heavy atom. The Bertz CT molecular complexity index is 1570. The van der Waals surface area contributed by atoms with Gasteiger partial charge in [-0.15, -0.1) is 10.2 Å². The van der Waals surface area contributed by atoms with E-state index in [1.165, 1.54) is 0 Å². The SMILES string of the molecule is CCCc1nc(-n2c(C)ccc2C)c(/C=C/C(=O)[O-])n1Cc1ccc(-c2ccccc2-c2nn[nH]n2)cc1. The van der Waals surface area contributed by atoms with Gasteiger partial charge in [0.25, 0.3) is 0 Å². The van der Waals surface area contributed by atoms with Gasteiger partial charge >= 0.3 is 0 Å². The van der Waals surface area contributed by atoms with Gasteiger partial charge in [0.2, 0.25) is 5.82 Å². The molecule has 9 nitrogen and oxygen atoms in total. The normalized spacial score (nSPS) is 11.4. The number of hydrogen-bond donors (Lipinski definition) is 1. The van der Waals surface area contributed by atoms with Crippen LogP contribution >= 0.6 is 0 Å². The van der Waals surface area contributed by atoms with Gasteiger partial charge in [0.15, 0.2) is 5.82 Å². The van der Waals surface area contributed by atoms with E-state index in [1.807, 2.05) is 50.2 Å². The maximum absolute atomic E-state index is 11.3. The van der Waals surface area contributed by atoms with Crippen molar-refractivity contribution < 1.29 is 9.90 Å². The van der Waals surface area contributed by atoms with Crippen LogP contribution in [0.4, 0.5) is 0 Å². The second kappa shape index (κ2) is 10.7. The Hall–Kier alpha value is -4.79. The Morgan fingerprint density at radius 2 is 1.71 bits per heavy atom. The van der Waals surface area contributed by atoms with Gasteiger partial charge in [-0.3, -0.25) is 0 Å². The molecule has 1 N–H and O–H groups in total. The zero-order valence-electron chi connectivity index (χ0n) is 21.5. The molecule has 0 atom stereocenters. The number of nitrogens with one attached hydrogen (secondary N) is 1. The summed E-state index contributed by atoms with van der Waals surface area (Å²) in [6.45, 7) is 6.69. The predicted octanol–water partition coefficient (Wildman–Crippen LogP) is 3.90. The number of carbonyl (C=O) groups is 1. The second-order valence-corrected chi connectivity index (χ2v) is 9.15. The molecule has 5 aromatic rings. The van der Waals surface area contributed by atoms with Crippen molar-refractivity contribution in [2.24, 2.45) is 0 Å². The topological polar surface area (TPSA) is 117 Å². The van der Waals surface area contributed by atoms with Crippen LogP contribution in [0.3, 0.4) is 0 Å². The molecule has 0 saturated carbocycles. The minimum atomic E-state index is -1.24. The Morgan fingerprint density at radius 1 is 1.00 bits per heavy atom. The van der Waals surface area contributed by atoms with Crippen LogP contribution in [0.15, 0.2) is 66.7 Å². The lowest BCUT2D eigenvalue weighted by atomic mass is 9.98. The number of H-pyrrole nitrogens is 1. The fourth-order valence-electron chi connectivity index (χ4n) is 4.75. The number of rotatable bonds is 9. The highest BCUT2D eigenvalue weighted by Crippen LogP contribution is 2.30. The van der Waals surface area contributed by atoms with Crippen molar-refractivity contribution in [3.05, 3.63) is 95.2 Å². The third kappa shape index (κ3) is 4.90. The summed E-state index contributed by atoms with van der Waals surface area (Å²) in [7, 11) is 0. The quantitative estimate of drug-likeness (QED) is 0.303. The van der Waals surface area contributed by atoms with Crippen LogP contribution in [-0.4, -0.2) is 40.7 Å². The number of aromatic nitrogens is 7. The number of tetrazole rings is 1. The highest BCUT2D eigenvalue weighted by molar-refractivity contribution is 5.84. The lowest BCUT2D eigenvalue weighted by molar-refractivity contribution is -0.297. The number of imidazole rings is 1. The summed E-state index contributed by atoms with van der Waals surface area (Å²) >= 11 is 0. The second-order valence-electron chi connectivity index (χ2n) is 9.15. The first-order valence-electron chi connectivity index (χ1n) is 12.5. The van der Waals surface area contributed by atoms with Crippen molar-refractivity contribution in [1.29, 1.82) is 0 Å². The molecule has 0 aliphatic heterocycles. The molecule has 0 bridgehead atoms. The first kappa shape index (κ1) is 24.9. The maximum atomic E-state index is 11.3. The monoisotopic (exact) mass is 506 g/mol. The number of carbonyl (C=O) groups excluding carboxylic acids is 1. The van der Waals surface area contributed by atoms with Gasteiger partial charge < -0.3 is 19.0 Å². The molecule has 0 aliphatic rings. The van der Waals surface area contributed by atoms with Crippen molar-refractivity contribution in [1.82, 2.24) is 34.7 Å². The molecule has 0 fully saturated rings. The first-order chi connectivity index (χ1) is 18.5. The number of carboxylic acid groups (broad SMARTS) is 1. The molecule has 0 unspecified atom stereocenters. The largest absolute Gasteiger partial charge is 0.545 e. The Kier molecular flexibility index (Phi) is 6.99. The third-order valence-corrected chi connectivity index (χ3v) is 6.52. The van der Waals surface area contributed by atoms with Crippen LogP contribution in [-0.2, 0) is 17.8 Å². The summed E-state index contributed by atoms with van der Waals surface area (Å²) in [5.74, 6) is 0.919. The van der Waals surface area contributed by atoms with Gasteiger partial charge in [0.05, 0.1) is 11.7 Å². The van der Waals surface area contributed by atoms with E-state index in [9.17, 15) is 9.90 Å². The summed E-state index contributed by atoms with van der Waals surface area (Å²) in [5, 5.41) is 25.8. The number of hydrogen-bond acceptors (Lipinski definition) is 6. The number of aryl methyl sites for hydroxylation is 3. The van der Waals surface area contributed by atoms with E-state index in [1.54, 1.807) is 6.08 Å². The van der Waals surface area contributed by atoms with E-state index in [0.717, 1.165) is 69.9 Å². The van der Waals surface area contributed by atoms with Crippen molar-refractivity contribution >= 4 is 12.0 Å². The van der Waals surface area contributed by atoms with Crippen molar-refractivity contribution in [3.63, 3.8) is 0 Å². The lowest BCUT2D eigenvalue weighted by Gasteiger charge is -2.13. The number of nitrogens with zero attached hydrogens (tertiary/aromatic N) is 6. The summed E-state index contributed by atoms with van der Waals surface area (Å²) in [5.41, 5.74) is 6.79. The number of benzene rings is 2. The average molecular weight is 507 g/mol. The summed E-state index contributed by atoms with van der Waals surface area (Å²) < 4.78 is 4.15. The van der Waals surface area contributed by atoms with Gasteiger partial charge in [0, 0.05) is 29.9 Å². The molecule has 3 heterocycles. The lowest BCUT2D eigenvalue weighted by Crippen LogP contribution is -2.18. The van der Waals surface area contributed by atoms with Gasteiger partial charge in [-0.2, -0.15) is 5.21 Å². The zero-order chi connectivity index (χ0) is 26.6.